The quantitative estimate of drug-likeness (QED) is 0.625. The third-order valence-electron chi connectivity index (χ3n) is 3.80. The highest BCUT2D eigenvalue weighted by molar-refractivity contribution is 5.84. The normalized spacial score (nSPS) is 16.4. The van der Waals surface area contributed by atoms with E-state index in [1.807, 2.05) is 0 Å². The van der Waals surface area contributed by atoms with Crippen LogP contribution in [0.25, 0.3) is 0 Å². The summed E-state index contributed by atoms with van der Waals surface area (Å²) in [5, 5.41) is 18.7. The van der Waals surface area contributed by atoms with Crippen molar-refractivity contribution in [1.29, 1.82) is 0 Å². The van der Waals surface area contributed by atoms with Crippen LogP contribution in [-0.2, 0) is 11.3 Å². The number of carboxylic acids is 1. The molecule has 1 saturated carbocycles. The van der Waals surface area contributed by atoms with Gasteiger partial charge in [-0.2, -0.15) is 0 Å². The predicted molar refractivity (Wildman–Crippen MR) is 69.9 cm³/mol. The minimum absolute atomic E-state index is 0.00614. The van der Waals surface area contributed by atoms with Crippen LogP contribution in [0.15, 0.2) is 6.20 Å². The highest BCUT2D eigenvalue weighted by atomic mass is 16.4. The van der Waals surface area contributed by atoms with Crippen molar-refractivity contribution in [2.24, 2.45) is 11.1 Å². The molecule has 110 valence electrons. The molecule has 0 bridgehead atoms. The van der Waals surface area contributed by atoms with Gasteiger partial charge in [-0.3, -0.25) is 4.79 Å². The van der Waals surface area contributed by atoms with Gasteiger partial charge in [-0.05, 0) is 24.8 Å². The Morgan fingerprint density at radius 2 is 2.25 bits per heavy atom. The van der Waals surface area contributed by atoms with Gasteiger partial charge in [-0.25, -0.2) is 9.48 Å². The van der Waals surface area contributed by atoms with Gasteiger partial charge in [0.05, 0.1) is 12.7 Å². The molecule has 1 aliphatic carbocycles. The second-order valence-corrected chi connectivity index (χ2v) is 5.26. The Morgan fingerprint density at radius 3 is 2.75 bits per heavy atom. The lowest BCUT2D eigenvalue weighted by Gasteiger charge is -2.40. The Labute approximate surface area is 116 Å². The fraction of sp³-hybridized carbons (Fsp3) is 0.667. The largest absolute Gasteiger partial charge is 0.476 e. The molecule has 20 heavy (non-hydrogen) atoms. The van der Waals surface area contributed by atoms with Crippen LogP contribution in [0.1, 0.15) is 36.2 Å². The molecule has 0 spiro atoms. The molecule has 8 nitrogen and oxygen atoms in total. The van der Waals surface area contributed by atoms with E-state index in [-0.39, 0.29) is 17.0 Å². The average Bonchev–Trinajstić information content (AvgIpc) is 2.83. The first kappa shape index (κ1) is 14.4. The van der Waals surface area contributed by atoms with Gasteiger partial charge < -0.3 is 16.2 Å². The van der Waals surface area contributed by atoms with Gasteiger partial charge in [-0.1, -0.05) is 11.6 Å². The number of rotatable bonds is 7. The van der Waals surface area contributed by atoms with Gasteiger partial charge in [0.1, 0.15) is 0 Å². The van der Waals surface area contributed by atoms with Crippen LogP contribution in [0.5, 0.6) is 0 Å². The molecule has 1 aliphatic rings. The Kier molecular flexibility index (Phi) is 4.33. The molecular formula is C12H19N5O3. The molecular weight excluding hydrogens is 262 g/mol. The lowest BCUT2D eigenvalue weighted by Crippen LogP contribution is -2.42. The fourth-order valence-corrected chi connectivity index (χ4v) is 2.35. The molecule has 0 atom stereocenters. The molecule has 0 radical (unpaired) electrons. The van der Waals surface area contributed by atoms with E-state index in [1.54, 1.807) is 0 Å². The predicted octanol–water partition coefficient (Wildman–Crippen LogP) is -0.388. The first-order valence-electron chi connectivity index (χ1n) is 6.65. The number of carbonyl (C=O) groups excluding carboxylic acids is 1. The Morgan fingerprint density at radius 1 is 1.50 bits per heavy atom. The molecule has 8 heteroatoms. The maximum atomic E-state index is 11.8. The topological polar surface area (TPSA) is 123 Å². The smallest absolute Gasteiger partial charge is 0.358 e. The minimum Gasteiger partial charge on any atom is -0.476 e. The summed E-state index contributed by atoms with van der Waals surface area (Å²) >= 11 is 0. The summed E-state index contributed by atoms with van der Waals surface area (Å²) in [7, 11) is 0. The van der Waals surface area contributed by atoms with Crippen LogP contribution in [0.4, 0.5) is 0 Å². The number of carboxylic acid groups (broad SMARTS) is 1. The first-order chi connectivity index (χ1) is 9.54. The summed E-state index contributed by atoms with van der Waals surface area (Å²) in [5.74, 6) is -1.14. The number of nitrogens with two attached hydrogens (primary N) is 1. The van der Waals surface area contributed by atoms with E-state index in [0.29, 0.717) is 26.1 Å². The summed E-state index contributed by atoms with van der Waals surface area (Å²) in [6.45, 7) is 1.33. The van der Waals surface area contributed by atoms with Gasteiger partial charge in [0.2, 0.25) is 5.91 Å². The molecule has 1 heterocycles. The van der Waals surface area contributed by atoms with Crippen molar-refractivity contribution in [2.45, 2.75) is 32.2 Å². The summed E-state index contributed by atoms with van der Waals surface area (Å²) < 4.78 is 1.39. The van der Waals surface area contributed by atoms with E-state index >= 15 is 0 Å². The van der Waals surface area contributed by atoms with E-state index in [9.17, 15) is 9.59 Å². The van der Waals surface area contributed by atoms with Gasteiger partial charge in [0, 0.05) is 13.0 Å². The van der Waals surface area contributed by atoms with Gasteiger partial charge in [0.15, 0.2) is 5.69 Å². The van der Waals surface area contributed by atoms with Crippen LogP contribution in [0.3, 0.4) is 0 Å². The third kappa shape index (κ3) is 3.32. The van der Waals surface area contributed by atoms with Crippen LogP contribution in [0, 0.1) is 5.41 Å². The van der Waals surface area contributed by atoms with E-state index in [0.717, 1.165) is 19.3 Å². The molecule has 4 N–H and O–H groups in total. The molecule has 0 unspecified atom stereocenters. The second-order valence-electron chi connectivity index (χ2n) is 5.26. The highest BCUT2D eigenvalue weighted by Gasteiger charge is 2.37. The summed E-state index contributed by atoms with van der Waals surface area (Å²) in [5.41, 5.74) is 5.60. The fourth-order valence-electron chi connectivity index (χ4n) is 2.35. The molecule has 0 aliphatic heterocycles. The van der Waals surface area contributed by atoms with Crippen molar-refractivity contribution in [2.75, 3.05) is 13.1 Å². The monoisotopic (exact) mass is 281 g/mol. The second kappa shape index (κ2) is 6.00. The molecule has 1 fully saturated rings. The Bertz CT molecular complexity index is 490. The number of nitrogens with zero attached hydrogens (tertiary/aromatic N) is 3. The number of hydrogen-bond donors (Lipinski definition) is 3. The summed E-state index contributed by atoms with van der Waals surface area (Å²) in [6, 6.07) is 0. The summed E-state index contributed by atoms with van der Waals surface area (Å²) in [6.07, 6.45) is 4.97. The van der Waals surface area contributed by atoms with Crippen molar-refractivity contribution >= 4 is 11.9 Å². The zero-order valence-corrected chi connectivity index (χ0v) is 11.2. The molecule has 1 aromatic heterocycles. The van der Waals surface area contributed by atoms with E-state index < -0.39 is 5.97 Å². The van der Waals surface area contributed by atoms with Crippen molar-refractivity contribution in [1.82, 2.24) is 20.3 Å². The molecule has 1 aromatic rings. The van der Waals surface area contributed by atoms with Gasteiger partial charge >= 0.3 is 5.97 Å². The van der Waals surface area contributed by atoms with Crippen molar-refractivity contribution in [3.05, 3.63) is 11.9 Å². The molecule has 0 aromatic carbocycles. The van der Waals surface area contributed by atoms with Gasteiger partial charge in [0.25, 0.3) is 0 Å². The van der Waals surface area contributed by atoms with Crippen molar-refractivity contribution in [3.63, 3.8) is 0 Å². The zero-order chi connectivity index (χ0) is 14.6. The number of amides is 1. The standard InChI is InChI=1S/C12H19N5O3/c13-8-12(2-1-3-12)6-10(18)14-4-5-17-7-9(11(19)20)15-16-17/h7H,1-6,8,13H2,(H,14,18)(H,19,20). The lowest BCUT2D eigenvalue weighted by atomic mass is 9.66. The lowest BCUT2D eigenvalue weighted by molar-refractivity contribution is -0.124. The Hall–Kier alpha value is -1.96. The minimum atomic E-state index is -1.12. The molecule has 2 rings (SSSR count). The van der Waals surface area contributed by atoms with Gasteiger partial charge in [-0.15, -0.1) is 5.10 Å². The maximum Gasteiger partial charge on any atom is 0.358 e. The highest BCUT2D eigenvalue weighted by Crippen LogP contribution is 2.42. The van der Waals surface area contributed by atoms with Crippen LogP contribution >= 0.6 is 0 Å². The number of aromatic carboxylic acids is 1. The Balaban J connectivity index is 1.72. The molecule has 0 saturated heterocycles. The first-order valence-corrected chi connectivity index (χ1v) is 6.65. The molecule has 1 amide bonds. The van der Waals surface area contributed by atoms with Crippen LogP contribution in [-0.4, -0.2) is 45.1 Å². The maximum absolute atomic E-state index is 11.8. The van der Waals surface area contributed by atoms with E-state index in [1.165, 1.54) is 10.9 Å². The van der Waals surface area contributed by atoms with Crippen LogP contribution in [0.2, 0.25) is 0 Å². The van der Waals surface area contributed by atoms with E-state index in [4.69, 9.17) is 10.8 Å². The third-order valence-corrected chi connectivity index (χ3v) is 3.80. The van der Waals surface area contributed by atoms with Crippen molar-refractivity contribution in [3.8, 4) is 0 Å². The average molecular weight is 281 g/mol. The number of aromatic nitrogens is 3. The number of carbonyl (C=O) groups is 2. The zero-order valence-electron chi connectivity index (χ0n) is 11.2. The van der Waals surface area contributed by atoms with E-state index in [2.05, 4.69) is 15.6 Å². The van der Waals surface area contributed by atoms with Crippen molar-refractivity contribution < 1.29 is 14.7 Å². The van der Waals surface area contributed by atoms with Crippen LogP contribution < -0.4 is 11.1 Å². The number of hydrogen-bond acceptors (Lipinski definition) is 5. The number of nitrogens with one attached hydrogen (secondary N) is 1. The SMILES string of the molecule is NCC1(CC(=O)NCCn2cc(C(=O)O)nn2)CCC1. The summed E-state index contributed by atoms with van der Waals surface area (Å²) in [4.78, 5) is 22.4.